The van der Waals surface area contributed by atoms with E-state index in [1.54, 1.807) is 0 Å². The number of allylic oxidation sites excluding steroid dienone is 1. The molecule has 18 heavy (non-hydrogen) atoms. The van der Waals surface area contributed by atoms with Gasteiger partial charge >= 0.3 is 5.97 Å². The highest BCUT2D eigenvalue weighted by Crippen LogP contribution is 2.54. The van der Waals surface area contributed by atoms with Gasteiger partial charge < -0.3 is 14.2 Å². The second-order valence-electron chi connectivity index (χ2n) is 5.26. The minimum Gasteiger partial charge on any atom is -0.462 e. The van der Waals surface area contributed by atoms with Crippen LogP contribution >= 0.6 is 22.6 Å². The molecule has 1 aliphatic carbocycles. The Kier molecular flexibility index (Phi) is 3.40. The first kappa shape index (κ1) is 12.9. The van der Waals surface area contributed by atoms with Crippen LogP contribution < -0.4 is 0 Å². The normalized spacial score (nSPS) is 38.3. The number of esters is 1. The lowest BCUT2D eigenvalue weighted by Crippen LogP contribution is -2.56. The van der Waals surface area contributed by atoms with Gasteiger partial charge in [0.05, 0.1) is 19.6 Å². The summed E-state index contributed by atoms with van der Waals surface area (Å²) in [4.78, 5) is 11.9. The van der Waals surface area contributed by atoms with Crippen LogP contribution in [0.15, 0.2) is 12.2 Å². The van der Waals surface area contributed by atoms with Crippen molar-refractivity contribution in [2.24, 2.45) is 5.41 Å². The number of hydrogen-bond acceptors (Lipinski definition) is 4. The van der Waals surface area contributed by atoms with E-state index in [0.717, 1.165) is 23.7 Å². The molecule has 0 unspecified atom stereocenters. The first-order valence-corrected chi connectivity index (χ1v) is 7.91. The lowest BCUT2D eigenvalue weighted by molar-refractivity contribution is -0.259. The largest absolute Gasteiger partial charge is 0.462 e. The topological polar surface area (TPSA) is 44.8 Å². The second kappa shape index (κ2) is 4.76. The first-order valence-electron chi connectivity index (χ1n) is 6.38. The Hall–Kier alpha value is -0.140. The Balaban J connectivity index is 1.94. The monoisotopic (exact) mass is 364 g/mol. The number of fused-ring (bicyclic) bond motifs is 1. The molecule has 2 saturated heterocycles. The highest BCUT2D eigenvalue weighted by atomic mass is 127. The number of ether oxygens (including phenoxy) is 3. The SMILES string of the molecule is O=C1C[C@@]2(CC=CCC23OCCO3)C[C@H](CI)O1. The van der Waals surface area contributed by atoms with E-state index >= 15 is 0 Å². The Bertz CT molecular complexity index is 375. The molecule has 2 fully saturated rings. The van der Waals surface area contributed by atoms with E-state index in [1.807, 2.05) is 0 Å². The highest BCUT2D eigenvalue weighted by Gasteiger charge is 2.59. The average molecular weight is 364 g/mol. The quantitative estimate of drug-likeness (QED) is 0.310. The van der Waals surface area contributed by atoms with Crippen LogP contribution in [0.2, 0.25) is 0 Å². The highest BCUT2D eigenvalue weighted by molar-refractivity contribution is 14.1. The first-order chi connectivity index (χ1) is 8.70. The van der Waals surface area contributed by atoms with Crippen LogP contribution in [-0.2, 0) is 19.0 Å². The summed E-state index contributed by atoms with van der Waals surface area (Å²) in [7, 11) is 0. The van der Waals surface area contributed by atoms with Gasteiger partial charge in [0.25, 0.3) is 0 Å². The minimum absolute atomic E-state index is 0.0111. The third-order valence-corrected chi connectivity index (χ3v) is 5.18. The Morgan fingerprint density at radius 1 is 1.28 bits per heavy atom. The van der Waals surface area contributed by atoms with Gasteiger partial charge in [-0.15, -0.1) is 0 Å². The predicted octanol–water partition coefficient (Wildman–Crippen LogP) is 2.21. The van der Waals surface area contributed by atoms with E-state index in [-0.39, 0.29) is 17.5 Å². The standard InChI is InChI=1S/C13H17IO4/c14-9-10-7-12(8-11(15)18-10)3-1-2-4-13(12)16-5-6-17-13/h1-2,10H,3-9H2/t10-,12-/m1/s1. The molecule has 0 N–H and O–H groups in total. The van der Waals surface area contributed by atoms with Crippen LogP contribution in [0.4, 0.5) is 0 Å². The van der Waals surface area contributed by atoms with E-state index in [9.17, 15) is 4.79 Å². The zero-order valence-corrected chi connectivity index (χ0v) is 12.4. The molecule has 0 aromatic carbocycles. The third kappa shape index (κ3) is 1.91. The van der Waals surface area contributed by atoms with Gasteiger partial charge in [-0.25, -0.2) is 0 Å². The number of cyclic esters (lactones) is 1. The van der Waals surface area contributed by atoms with Crippen molar-refractivity contribution in [3.63, 3.8) is 0 Å². The molecule has 0 aromatic rings. The van der Waals surface area contributed by atoms with Crippen molar-refractivity contribution >= 4 is 28.6 Å². The molecule has 0 saturated carbocycles. The van der Waals surface area contributed by atoms with Gasteiger partial charge in [-0.05, 0) is 12.8 Å². The lowest BCUT2D eigenvalue weighted by atomic mass is 9.65. The fraction of sp³-hybridized carbons (Fsp3) is 0.769. The maximum absolute atomic E-state index is 11.9. The molecular weight excluding hydrogens is 347 g/mol. The average Bonchev–Trinajstić information content (AvgIpc) is 2.83. The minimum atomic E-state index is -0.592. The number of hydrogen-bond donors (Lipinski definition) is 0. The van der Waals surface area contributed by atoms with Gasteiger partial charge in [-0.1, -0.05) is 34.7 Å². The van der Waals surface area contributed by atoms with Crippen LogP contribution in [0.3, 0.4) is 0 Å². The van der Waals surface area contributed by atoms with Crippen molar-refractivity contribution < 1.29 is 19.0 Å². The van der Waals surface area contributed by atoms with Crippen molar-refractivity contribution in [3.05, 3.63) is 12.2 Å². The van der Waals surface area contributed by atoms with Crippen molar-refractivity contribution in [2.75, 3.05) is 17.6 Å². The van der Waals surface area contributed by atoms with Crippen LogP contribution in [0.25, 0.3) is 0 Å². The summed E-state index contributed by atoms with van der Waals surface area (Å²) < 4.78 is 18.1. The number of halogens is 1. The van der Waals surface area contributed by atoms with E-state index in [0.29, 0.717) is 19.6 Å². The Morgan fingerprint density at radius 2 is 2.00 bits per heavy atom. The van der Waals surface area contributed by atoms with Crippen LogP contribution in [0, 0.1) is 5.41 Å². The van der Waals surface area contributed by atoms with Crippen molar-refractivity contribution in [2.45, 2.75) is 37.6 Å². The molecule has 3 rings (SSSR count). The van der Waals surface area contributed by atoms with E-state index in [4.69, 9.17) is 14.2 Å². The van der Waals surface area contributed by atoms with Crippen LogP contribution in [0.1, 0.15) is 25.7 Å². The molecule has 4 nitrogen and oxygen atoms in total. The van der Waals surface area contributed by atoms with Crippen molar-refractivity contribution in [3.8, 4) is 0 Å². The Morgan fingerprint density at radius 3 is 2.72 bits per heavy atom. The van der Waals surface area contributed by atoms with E-state index in [1.165, 1.54) is 0 Å². The zero-order valence-electron chi connectivity index (χ0n) is 10.2. The van der Waals surface area contributed by atoms with E-state index < -0.39 is 5.79 Å². The van der Waals surface area contributed by atoms with Crippen molar-refractivity contribution in [1.29, 1.82) is 0 Å². The van der Waals surface area contributed by atoms with Gasteiger partial charge in [0.1, 0.15) is 6.10 Å². The maximum atomic E-state index is 11.9. The van der Waals surface area contributed by atoms with Gasteiger partial charge in [-0.3, -0.25) is 4.79 Å². The molecule has 2 spiro atoms. The van der Waals surface area contributed by atoms with Gasteiger partial charge in [0, 0.05) is 16.3 Å². The second-order valence-corrected chi connectivity index (χ2v) is 6.14. The van der Waals surface area contributed by atoms with Gasteiger partial charge in [0.15, 0.2) is 5.79 Å². The van der Waals surface area contributed by atoms with Gasteiger partial charge in [-0.2, -0.15) is 0 Å². The number of alkyl halides is 1. The summed E-state index contributed by atoms with van der Waals surface area (Å²) in [6, 6.07) is 0. The Labute approximate surface area is 120 Å². The molecule has 0 radical (unpaired) electrons. The molecule has 0 bridgehead atoms. The molecule has 3 aliphatic rings. The fourth-order valence-electron chi connectivity index (χ4n) is 3.38. The summed E-state index contributed by atoms with van der Waals surface area (Å²) in [6.45, 7) is 1.25. The summed E-state index contributed by atoms with van der Waals surface area (Å²) >= 11 is 2.27. The molecule has 0 amide bonds. The molecule has 2 heterocycles. The molecule has 0 aromatic heterocycles. The molecular formula is C13H17IO4. The number of rotatable bonds is 1. The molecule has 2 atom stereocenters. The summed E-state index contributed by atoms with van der Waals surface area (Å²) in [5.41, 5.74) is -0.233. The van der Waals surface area contributed by atoms with Crippen LogP contribution in [0.5, 0.6) is 0 Å². The van der Waals surface area contributed by atoms with Crippen LogP contribution in [-0.4, -0.2) is 35.5 Å². The maximum Gasteiger partial charge on any atom is 0.306 e. The fourth-order valence-corrected chi connectivity index (χ4v) is 3.87. The molecule has 100 valence electrons. The summed E-state index contributed by atoms with van der Waals surface area (Å²) in [5, 5.41) is 0. The molecule has 5 heteroatoms. The number of carbonyl (C=O) groups excluding carboxylic acids is 1. The smallest absolute Gasteiger partial charge is 0.306 e. The third-order valence-electron chi connectivity index (χ3n) is 4.19. The summed E-state index contributed by atoms with van der Waals surface area (Å²) in [6.07, 6.45) is 7.08. The van der Waals surface area contributed by atoms with Crippen molar-refractivity contribution in [1.82, 2.24) is 0 Å². The lowest BCUT2D eigenvalue weighted by Gasteiger charge is -2.50. The zero-order chi connectivity index (χ0) is 12.6. The summed E-state index contributed by atoms with van der Waals surface area (Å²) in [5.74, 6) is -0.706. The predicted molar refractivity (Wildman–Crippen MR) is 73.4 cm³/mol. The molecule has 2 aliphatic heterocycles. The van der Waals surface area contributed by atoms with Gasteiger partial charge in [0.2, 0.25) is 0 Å². The van der Waals surface area contributed by atoms with E-state index in [2.05, 4.69) is 34.7 Å². The number of carbonyl (C=O) groups is 1.